The number of carbonyl (C=O) groups is 2. The zero-order chi connectivity index (χ0) is 16.5. The highest BCUT2D eigenvalue weighted by molar-refractivity contribution is 5.71. The van der Waals surface area contributed by atoms with E-state index < -0.39 is 12.2 Å². The number of rotatable bonds is 17. The minimum absolute atomic E-state index is 0.237. The van der Waals surface area contributed by atoms with Gasteiger partial charge in [-0.3, -0.25) is 5.32 Å². The molecule has 0 saturated heterocycles. The summed E-state index contributed by atoms with van der Waals surface area (Å²) in [6.07, 6.45) is -0.367. The smallest absolute Gasteiger partial charge is 0.347 e. The van der Waals surface area contributed by atoms with Gasteiger partial charge in [0.05, 0.1) is 52.9 Å². The number of aldehydes is 1. The average Bonchev–Trinajstić information content (AvgIpc) is 2.50. The minimum atomic E-state index is -1.57. The highest BCUT2D eigenvalue weighted by Crippen LogP contribution is 1.84. The van der Waals surface area contributed by atoms with E-state index in [0.29, 0.717) is 52.7 Å². The molecule has 1 unspecified atom stereocenters. The predicted molar refractivity (Wildman–Crippen MR) is 75.6 cm³/mol. The molecule has 3 N–H and O–H groups in total. The van der Waals surface area contributed by atoms with Crippen molar-refractivity contribution in [3.05, 3.63) is 0 Å². The third-order valence-electron chi connectivity index (χ3n) is 2.31. The molecule has 0 aliphatic heterocycles. The van der Waals surface area contributed by atoms with Crippen molar-refractivity contribution < 1.29 is 38.7 Å². The van der Waals surface area contributed by atoms with Gasteiger partial charge in [-0.1, -0.05) is 0 Å². The van der Waals surface area contributed by atoms with E-state index in [2.05, 4.69) is 5.32 Å². The summed E-state index contributed by atoms with van der Waals surface area (Å²) in [4.78, 5) is 20.3. The Labute approximate surface area is 129 Å². The first-order chi connectivity index (χ1) is 10.7. The molecule has 130 valence electrons. The van der Waals surface area contributed by atoms with Gasteiger partial charge in [-0.15, -0.1) is 0 Å². The Hall–Kier alpha value is -1.10. The number of carboxylic acids is 1. The lowest BCUT2D eigenvalue weighted by Gasteiger charge is -2.09. The molecule has 22 heavy (non-hydrogen) atoms. The lowest BCUT2D eigenvalue weighted by atomic mass is 10.5. The van der Waals surface area contributed by atoms with Crippen LogP contribution in [0.4, 0.5) is 0 Å². The summed E-state index contributed by atoms with van der Waals surface area (Å²) >= 11 is 0. The van der Waals surface area contributed by atoms with Gasteiger partial charge < -0.3 is 34.0 Å². The van der Waals surface area contributed by atoms with Gasteiger partial charge in [-0.2, -0.15) is 0 Å². The first-order valence-electron chi connectivity index (χ1n) is 7.07. The second kappa shape index (κ2) is 16.3. The molecule has 0 radical (unpaired) electrons. The molecule has 0 fully saturated rings. The summed E-state index contributed by atoms with van der Waals surface area (Å²) < 4.78 is 20.8. The van der Waals surface area contributed by atoms with E-state index in [4.69, 9.17) is 29.2 Å². The number of carboxylic acid groups (broad SMARTS) is 1. The van der Waals surface area contributed by atoms with E-state index in [1.54, 1.807) is 0 Å². The monoisotopic (exact) mass is 323 g/mol. The fourth-order valence-electron chi connectivity index (χ4n) is 1.25. The van der Waals surface area contributed by atoms with Gasteiger partial charge in [-0.05, 0) is 0 Å². The molecule has 0 spiro atoms. The molecule has 9 heteroatoms. The second-order valence-electron chi connectivity index (χ2n) is 4.10. The number of aliphatic carboxylic acids is 1. The fourth-order valence-corrected chi connectivity index (χ4v) is 1.25. The zero-order valence-electron chi connectivity index (χ0n) is 12.6. The maximum Gasteiger partial charge on any atom is 0.347 e. The third-order valence-corrected chi connectivity index (χ3v) is 2.31. The van der Waals surface area contributed by atoms with E-state index in [1.165, 1.54) is 0 Å². The van der Waals surface area contributed by atoms with Crippen molar-refractivity contribution in [2.45, 2.75) is 12.6 Å². The van der Waals surface area contributed by atoms with Gasteiger partial charge in [-0.25, -0.2) is 4.79 Å². The van der Waals surface area contributed by atoms with Crippen molar-refractivity contribution in [3.63, 3.8) is 0 Å². The van der Waals surface area contributed by atoms with Crippen LogP contribution in [0.1, 0.15) is 6.42 Å². The quantitative estimate of drug-likeness (QED) is 0.169. The van der Waals surface area contributed by atoms with Crippen molar-refractivity contribution >= 4 is 12.3 Å². The molecule has 1 atom stereocenters. The lowest BCUT2D eigenvalue weighted by molar-refractivity contribution is -0.148. The van der Waals surface area contributed by atoms with E-state index in [-0.39, 0.29) is 13.2 Å². The number of nitrogens with one attached hydrogen (secondary N) is 1. The standard InChI is InChI=1S/C13H25NO8/c15-3-1-4-19-6-8-21-10-11-22-9-7-20-5-2-14-12(16)13(17)18/h3,12,14,16H,1-2,4-11H2,(H,17,18). The third kappa shape index (κ3) is 15.3. The number of hydrogen-bond acceptors (Lipinski definition) is 8. The second-order valence-corrected chi connectivity index (χ2v) is 4.10. The highest BCUT2D eigenvalue weighted by atomic mass is 16.6. The number of aliphatic hydroxyl groups is 1. The molecule has 0 rings (SSSR count). The van der Waals surface area contributed by atoms with Gasteiger partial charge in [0.2, 0.25) is 6.23 Å². The van der Waals surface area contributed by atoms with Crippen LogP contribution in [0.5, 0.6) is 0 Å². The normalized spacial score (nSPS) is 12.2. The molecular formula is C13H25NO8. The van der Waals surface area contributed by atoms with Crippen LogP contribution >= 0.6 is 0 Å². The van der Waals surface area contributed by atoms with Crippen molar-refractivity contribution in [1.82, 2.24) is 5.32 Å². The van der Waals surface area contributed by atoms with Crippen LogP contribution in [-0.4, -0.2) is 88.1 Å². The molecule has 0 heterocycles. The molecule has 0 aliphatic carbocycles. The SMILES string of the molecule is O=CCCOCCOCCOCCOCCNC(O)C(=O)O. The van der Waals surface area contributed by atoms with Crippen molar-refractivity contribution in [2.75, 3.05) is 59.4 Å². The zero-order valence-corrected chi connectivity index (χ0v) is 12.6. The fraction of sp³-hybridized carbons (Fsp3) is 0.846. The summed E-state index contributed by atoms with van der Waals surface area (Å²) in [5.41, 5.74) is 0. The van der Waals surface area contributed by atoms with Crippen molar-refractivity contribution in [1.29, 1.82) is 0 Å². The first-order valence-corrected chi connectivity index (χ1v) is 7.07. The Kier molecular flexibility index (Phi) is 15.5. The number of carbonyl (C=O) groups excluding carboxylic acids is 1. The Balaban J connectivity index is 3.05. The van der Waals surface area contributed by atoms with Gasteiger partial charge in [0.1, 0.15) is 6.29 Å². The number of aliphatic hydroxyl groups excluding tert-OH is 1. The molecule has 0 aromatic rings. The van der Waals surface area contributed by atoms with Gasteiger partial charge in [0, 0.05) is 13.0 Å². The van der Waals surface area contributed by atoms with Crippen LogP contribution in [0.3, 0.4) is 0 Å². The summed E-state index contributed by atoms with van der Waals surface area (Å²) in [5, 5.41) is 19.7. The summed E-state index contributed by atoms with van der Waals surface area (Å²) in [6.45, 7) is 3.50. The topological polar surface area (TPSA) is 124 Å². The Bertz CT molecular complexity index is 277. The summed E-state index contributed by atoms with van der Waals surface area (Å²) in [7, 11) is 0. The van der Waals surface area contributed by atoms with E-state index in [0.717, 1.165) is 6.29 Å². The molecule has 9 nitrogen and oxygen atoms in total. The van der Waals surface area contributed by atoms with E-state index in [9.17, 15) is 9.59 Å². The van der Waals surface area contributed by atoms with Crippen LogP contribution in [0.25, 0.3) is 0 Å². The molecule has 0 bridgehead atoms. The first kappa shape index (κ1) is 20.9. The Morgan fingerprint density at radius 1 is 0.909 bits per heavy atom. The predicted octanol–water partition coefficient (Wildman–Crippen LogP) is -1.37. The average molecular weight is 323 g/mol. The van der Waals surface area contributed by atoms with Crippen LogP contribution in [0.2, 0.25) is 0 Å². The summed E-state index contributed by atoms with van der Waals surface area (Å²) in [6, 6.07) is 0. The molecule has 0 aromatic carbocycles. The number of hydrogen-bond donors (Lipinski definition) is 3. The maximum atomic E-state index is 10.3. The lowest BCUT2D eigenvalue weighted by Crippen LogP contribution is -2.38. The van der Waals surface area contributed by atoms with Crippen LogP contribution in [0.15, 0.2) is 0 Å². The maximum absolute atomic E-state index is 10.3. The number of ether oxygens (including phenoxy) is 4. The molecule has 0 aliphatic rings. The van der Waals surface area contributed by atoms with Crippen LogP contribution in [-0.2, 0) is 28.5 Å². The molecule has 0 saturated carbocycles. The molecular weight excluding hydrogens is 298 g/mol. The highest BCUT2D eigenvalue weighted by Gasteiger charge is 2.10. The molecule has 0 amide bonds. The van der Waals surface area contributed by atoms with E-state index >= 15 is 0 Å². The Morgan fingerprint density at radius 3 is 1.82 bits per heavy atom. The molecule has 0 aromatic heterocycles. The van der Waals surface area contributed by atoms with Gasteiger partial charge in [0.15, 0.2) is 0 Å². The largest absolute Gasteiger partial charge is 0.478 e. The minimum Gasteiger partial charge on any atom is -0.478 e. The van der Waals surface area contributed by atoms with Crippen LogP contribution in [0, 0.1) is 0 Å². The van der Waals surface area contributed by atoms with Crippen molar-refractivity contribution in [3.8, 4) is 0 Å². The van der Waals surface area contributed by atoms with Gasteiger partial charge >= 0.3 is 5.97 Å². The van der Waals surface area contributed by atoms with Crippen molar-refractivity contribution in [2.24, 2.45) is 0 Å². The van der Waals surface area contributed by atoms with Crippen LogP contribution < -0.4 is 5.32 Å². The van der Waals surface area contributed by atoms with E-state index in [1.807, 2.05) is 0 Å². The summed E-state index contributed by atoms with van der Waals surface area (Å²) in [5.74, 6) is -1.32. The van der Waals surface area contributed by atoms with Gasteiger partial charge in [0.25, 0.3) is 0 Å². The Morgan fingerprint density at radius 2 is 1.36 bits per heavy atom.